The van der Waals surface area contributed by atoms with Gasteiger partial charge >= 0.3 is 0 Å². The third-order valence-corrected chi connectivity index (χ3v) is 1.98. The predicted molar refractivity (Wildman–Crippen MR) is 44.5 cm³/mol. The minimum atomic E-state index is 0. The molecule has 0 aromatic heterocycles. The largest absolute Gasteiger partial charge is 0.395 e. The van der Waals surface area contributed by atoms with Crippen LogP contribution in [0.15, 0.2) is 0 Å². The lowest BCUT2D eigenvalue weighted by atomic mass is 9.97. The molecule has 0 aromatic rings. The van der Waals surface area contributed by atoms with Crippen LogP contribution in [0.3, 0.4) is 0 Å². The fourth-order valence-corrected chi connectivity index (χ4v) is 1.21. The first kappa shape index (κ1) is 10.2. The van der Waals surface area contributed by atoms with Gasteiger partial charge in [0.15, 0.2) is 0 Å². The zero-order valence-corrected chi connectivity index (χ0v) is 7.16. The minimum absolute atomic E-state index is 0. The van der Waals surface area contributed by atoms with Crippen molar-refractivity contribution >= 4 is 12.4 Å². The molecular formula is C7H16ClNO. The molecule has 2 nitrogen and oxygen atoms in total. The van der Waals surface area contributed by atoms with E-state index in [1.165, 1.54) is 6.42 Å². The number of nitrogens with one attached hydrogen (secondary N) is 1. The van der Waals surface area contributed by atoms with Crippen molar-refractivity contribution in [2.45, 2.75) is 25.8 Å². The van der Waals surface area contributed by atoms with Crippen molar-refractivity contribution in [3.63, 3.8) is 0 Å². The summed E-state index contributed by atoms with van der Waals surface area (Å²) in [5, 5.41) is 12.0. The number of halogens is 1. The molecule has 62 valence electrons. The highest BCUT2D eigenvalue weighted by Crippen LogP contribution is 2.12. The van der Waals surface area contributed by atoms with Crippen molar-refractivity contribution in [1.82, 2.24) is 5.32 Å². The second-order valence-electron chi connectivity index (χ2n) is 2.97. The first-order chi connectivity index (χ1) is 4.33. The van der Waals surface area contributed by atoms with Gasteiger partial charge in [0.25, 0.3) is 0 Å². The van der Waals surface area contributed by atoms with Crippen LogP contribution in [0.5, 0.6) is 0 Å². The summed E-state index contributed by atoms with van der Waals surface area (Å²) in [7, 11) is 0. The Hall–Kier alpha value is 0.210. The van der Waals surface area contributed by atoms with Crippen molar-refractivity contribution in [2.75, 3.05) is 13.2 Å². The van der Waals surface area contributed by atoms with E-state index in [9.17, 15) is 0 Å². The Kier molecular flexibility index (Phi) is 5.04. The minimum Gasteiger partial charge on any atom is -0.395 e. The Bertz CT molecular complexity index is 81.7. The Balaban J connectivity index is 0.000000810. The molecule has 10 heavy (non-hydrogen) atoms. The topological polar surface area (TPSA) is 32.3 Å². The van der Waals surface area contributed by atoms with E-state index in [2.05, 4.69) is 12.2 Å². The van der Waals surface area contributed by atoms with E-state index < -0.39 is 0 Å². The quantitative estimate of drug-likeness (QED) is 0.602. The van der Waals surface area contributed by atoms with Crippen LogP contribution in [0.2, 0.25) is 0 Å². The van der Waals surface area contributed by atoms with E-state index in [1.54, 1.807) is 0 Å². The Morgan fingerprint density at radius 1 is 1.50 bits per heavy atom. The lowest BCUT2D eigenvalue weighted by Crippen LogP contribution is -2.40. The van der Waals surface area contributed by atoms with Gasteiger partial charge in [-0.3, -0.25) is 0 Å². The Labute approximate surface area is 68.4 Å². The summed E-state index contributed by atoms with van der Waals surface area (Å²) < 4.78 is 0. The van der Waals surface area contributed by atoms with Gasteiger partial charge in [-0.1, -0.05) is 6.92 Å². The van der Waals surface area contributed by atoms with E-state index >= 15 is 0 Å². The highest BCUT2D eigenvalue weighted by Gasteiger charge is 2.15. The van der Waals surface area contributed by atoms with Gasteiger partial charge in [0, 0.05) is 6.04 Å². The summed E-state index contributed by atoms with van der Waals surface area (Å²) in [5.41, 5.74) is 0. The fraction of sp³-hybridized carbons (Fsp3) is 1.00. The average molecular weight is 166 g/mol. The van der Waals surface area contributed by atoms with Gasteiger partial charge in [-0.15, -0.1) is 12.4 Å². The van der Waals surface area contributed by atoms with E-state index in [1.807, 2.05) is 0 Å². The third-order valence-electron chi connectivity index (χ3n) is 1.98. The normalized spacial score (nSPS) is 33.0. The van der Waals surface area contributed by atoms with Crippen molar-refractivity contribution in [3.05, 3.63) is 0 Å². The monoisotopic (exact) mass is 165 g/mol. The summed E-state index contributed by atoms with van der Waals surface area (Å²) in [6.45, 7) is 3.61. The molecule has 3 heteroatoms. The van der Waals surface area contributed by atoms with Gasteiger partial charge in [-0.25, -0.2) is 0 Å². The summed E-state index contributed by atoms with van der Waals surface area (Å²) in [6.07, 6.45) is 2.40. The molecule has 1 aliphatic heterocycles. The van der Waals surface area contributed by atoms with E-state index in [0.717, 1.165) is 18.9 Å². The van der Waals surface area contributed by atoms with Crippen LogP contribution in [-0.4, -0.2) is 24.3 Å². The second-order valence-corrected chi connectivity index (χ2v) is 2.97. The van der Waals surface area contributed by atoms with Crippen LogP contribution in [0, 0.1) is 5.92 Å². The molecule has 0 aliphatic carbocycles. The van der Waals surface area contributed by atoms with Gasteiger partial charge in [-0.2, -0.15) is 0 Å². The van der Waals surface area contributed by atoms with Gasteiger partial charge in [-0.05, 0) is 25.3 Å². The number of piperidine rings is 1. The molecule has 0 amide bonds. The number of rotatable bonds is 1. The molecule has 2 N–H and O–H groups in total. The van der Waals surface area contributed by atoms with Crippen LogP contribution >= 0.6 is 12.4 Å². The molecule has 0 saturated carbocycles. The third kappa shape index (κ3) is 2.86. The van der Waals surface area contributed by atoms with Crippen LogP contribution < -0.4 is 5.32 Å². The first-order valence-electron chi connectivity index (χ1n) is 3.67. The van der Waals surface area contributed by atoms with Crippen LogP contribution in [0.25, 0.3) is 0 Å². The van der Waals surface area contributed by atoms with Crippen LogP contribution in [0.4, 0.5) is 0 Å². The number of hydrogen-bond acceptors (Lipinski definition) is 2. The molecule has 0 radical (unpaired) electrons. The summed E-state index contributed by atoms with van der Waals surface area (Å²) in [4.78, 5) is 0. The molecule has 0 unspecified atom stereocenters. The Morgan fingerprint density at radius 2 is 2.20 bits per heavy atom. The second kappa shape index (κ2) is 4.94. The fourth-order valence-electron chi connectivity index (χ4n) is 1.21. The molecule has 1 fully saturated rings. The van der Waals surface area contributed by atoms with Crippen LogP contribution in [-0.2, 0) is 0 Å². The van der Waals surface area contributed by atoms with Crippen molar-refractivity contribution in [2.24, 2.45) is 5.92 Å². The Morgan fingerprint density at radius 3 is 2.60 bits per heavy atom. The maximum atomic E-state index is 8.71. The maximum Gasteiger partial charge on any atom is 0.0584 e. The highest BCUT2D eigenvalue weighted by molar-refractivity contribution is 5.85. The predicted octanol–water partition coefficient (Wildman–Crippen LogP) is 0.789. The van der Waals surface area contributed by atoms with Gasteiger partial charge < -0.3 is 10.4 Å². The van der Waals surface area contributed by atoms with Gasteiger partial charge in [0.05, 0.1) is 6.61 Å². The zero-order chi connectivity index (χ0) is 6.69. The molecular weight excluding hydrogens is 150 g/mol. The van der Waals surface area contributed by atoms with E-state index in [4.69, 9.17) is 5.11 Å². The zero-order valence-electron chi connectivity index (χ0n) is 6.34. The molecule has 0 aromatic carbocycles. The van der Waals surface area contributed by atoms with E-state index in [0.29, 0.717) is 12.6 Å². The SMILES string of the molecule is C[C@@H]1CC[C@H](CO)NC1.Cl. The lowest BCUT2D eigenvalue weighted by Gasteiger charge is -2.25. The van der Waals surface area contributed by atoms with Crippen LogP contribution in [0.1, 0.15) is 19.8 Å². The lowest BCUT2D eigenvalue weighted by molar-refractivity contribution is 0.203. The molecule has 1 saturated heterocycles. The smallest absolute Gasteiger partial charge is 0.0584 e. The standard InChI is InChI=1S/C7H15NO.ClH/c1-6-2-3-7(5-9)8-4-6;/h6-9H,2-5H2,1H3;1H/t6-,7-;/m1./s1. The molecule has 0 spiro atoms. The van der Waals surface area contributed by atoms with Gasteiger partial charge in [0.2, 0.25) is 0 Å². The molecule has 0 bridgehead atoms. The summed E-state index contributed by atoms with van der Waals surface area (Å²) >= 11 is 0. The molecule has 1 aliphatic rings. The van der Waals surface area contributed by atoms with Crippen molar-refractivity contribution < 1.29 is 5.11 Å². The number of aliphatic hydroxyl groups is 1. The summed E-state index contributed by atoms with van der Waals surface area (Å²) in [5.74, 6) is 0.799. The maximum absolute atomic E-state index is 8.71. The molecule has 1 rings (SSSR count). The number of hydrogen-bond donors (Lipinski definition) is 2. The first-order valence-corrected chi connectivity index (χ1v) is 3.67. The van der Waals surface area contributed by atoms with Gasteiger partial charge in [0.1, 0.15) is 0 Å². The molecule has 2 atom stereocenters. The van der Waals surface area contributed by atoms with Crippen molar-refractivity contribution in [1.29, 1.82) is 0 Å². The number of aliphatic hydroxyl groups excluding tert-OH is 1. The average Bonchev–Trinajstić information content (AvgIpc) is 1.90. The summed E-state index contributed by atoms with van der Waals surface area (Å²) in [6, 6.07) is 0.376. The van der Waals surface area contributed by atoms with Crippen molar-refractivity contribution in [3.8, 4) is 0 Å². The van der Waals surface area contributed by atoms with E-state index in [-0.39, 0.29) is 12.4 Å². The molecule has 1 heterocycles. The highest BCUT2D eigenvalue weighted by atomic mass is 35.5.